The van der Waals surface area contributed by atoms with E-state index < -0.39 is 0 Å². The zero-order valence-corrected chi connectivity index (χ0v) is 21.2. The van der Waals surface area contributed by atoms with Gasteiger partial charge in [0.2, 0.25) is 4.96 Å². The van der Waals surface area contributed by atoms with Crippen molar-refractivity contribution in [3.63, 3.8) is 0 Å². The standard InChI is InChI=1S/C28H18BrN5OS/c29-22-14-12-20(13-15-22)26-21(18-33(32-26)23-9-5-2-6-10-23)17-24-27(35)34-28(36-24)30-25(31-34)16-11-19-7-3-1-4-8-19/h1-18H/b16-11+,24-17-. The number of halogens is 1. The maximum atomic E-state index is 13.2. The van der Waals surface area contributed by atoms with Gasteiger partial charge in [0.25, 0.3) is 5.56 Å². The summed E-state index contributed by atoms with van der Waals surface area (Å²) in [6.07, 6.45) is 7.55. The van der Waals surface area contributed by atoms with Gasteiger partial charge in [0, 0.05) is 21.8 Å². The summed E-state index contributed by atoms with van der Waals surface area (Å²) in [5, 5.41) is 9.24. The number of aromatic nitrogens is 5. The van der Waals surface area contributed by atoms with Crippen molar-refractivity contribution in [1.82, 2.24) is 24.4 Å². The largest absolute Gasteiger partial charge is 0.291 e. The van der Waals surface area contributed by atoms with Crippen molar-refractivity contribution in [2.75, 3.05) is 0 Å². The molecule has 0 saturated carbocycles. The van der Waals surface area contributed by atoms with Crippen molar-refractivity contribution < 1.29 is 0 Å². The summed E-state index contributed by atoms with van der Waals surface area (Å²) in [6.45, 7) is 0. The van der Waals surface area contributed by atoms with E-state index in [-0.39, 0.29) is 5.56 Å². The quantitative estimate of drug-likeness (QED) is 0.284. The van der Waals surface area contributed by atoms with E-state index >= 15 is 0 Å². The smallest absolute Gasteiger partial charge is 0.266 e. The lowest BCUT2D eigenvalue weighted by atomic mass is 10.1. The first-order chi connectivity index (χ1) is 17.6. The van der Waals surface area contributed by atoms with Crippen LogP contribution in [0.4, 0.5) is 0 Å². The van der Waals surface area contributed by atoms with Crippen molar-refractivity contribution >= 4 is 50.5 Å². The summed E-state index contributed by atoms with van der Waals surface area (Å²) in [5.74, 6) is 0.501. The van der Waals surface area contributed by atoms with Gasteiger partial charge in [-0.2, -0.15) is 14.6 Å². The molecule has 0 radical (unpaired) electrons. The van der Waals surface area contributed by atoms with E-state index in [9.17, 15) is 4.79 Å². The van der Waals surface area contributed by atoms with Gasteiger partial charge >= 0.3 is 0 Å². The molecular weight excluding hydrogens is 534 g/mol. The number of hydrogen-bond acceptors (Lipinski definition) is 5. The first kappa shape index (κ1) is 22.3. The Labute approximate surface area is 218 Å². The first-order valence-electron chi connectivity index (χ1n) is 11.2. The molecule has 3 heterocycles. The van der Waals surface area contributed by atoms with E-state index in [0.29, 0.717) is 15.3 Å². The van der Waals surface area contributed by atoms with E-state index in [1.165, 1.54) is 15.9 Å². The highest BCUT2D eigenvalue weighted by Gasteiger charge is 2.14. The fourth-order valence-corrected chi connectivity index (χ4v) is 5.00. The summed E-state index contributed by atoms with van der Waals surface area (Å²) in [5.41, 5.74) is 4.37. The molecule has 0 amide bonds. The van der Waals surface area contributed by atoms with Gasteiger partial charge < -0.3 is 0 Å². The molecule has 0 aliphatic carbocycles. The van der Waals surface area contributed by atoms with Crippen molar-refractivity contribution in [2.45, 2.75) is 0 Å². The molecule has 6 rings (SSSR count). The number of para-hydroxylation sites is 1. The normalized spacial score (nSPS) is 12.2. The molecule has 174 valence electrons. The van der Waals surface area contributed by atoms with Crippen molar-refractivity contribution in [3.05, 3.63) is 127 Å². The highest BCUT2D eigenvalue weighted by molar-refractivity contribution is 9.10. The van der Waals surface area contributed by atoms with Gasteiger partial charge in [0.15, 0.2) is 5.82 Å². The summed E-state index contributed by atoms with van der Waals surface area (Å²) in [4.78, 5) is 18.3. The molecule has 0 saturated heterocycles. The van der Waals surface area contributed by atoms with E-state index in [1.54, 1.807) is 0 Å². The number of rotatable bonds is 5. The highest BCUT2D eigenvalue weighted by Crippen LogP contribution is 2.26. The summed E-state index contributed by atoms with van der Waals surface area (Å²) < 4.78 is 4.73. The Kier molecular flexibility index (Phi) is 5.88. The molecule has 6 aromatic rings. The van der Waals surface area contributed by atoms with E-state index in [1.807, 2.05) is 114 Å². The van der Waals surface area contributed by atoms with Crippen molar-refractivity contribution in [2.24, 2.45) is 0 Å². The van der Waals surface area contributed by atoms with Gasteiger partial charge in [-0.05, 0) is 42.0 Å². The van der Waals surface area contributed by atoms with Crippen molar-refractivity contribution in [1.29, 1.82) is 0 Å². The van der Waals surface area contributed by atoms with E-state index in [2.05, 4.69) is 26.0 Å². The van der Waals surface area contributed by atoms with Crippen LogP contribution in [0, 0.1) is 0 Å². The third-order valence-corrected chi connectivity index (χ3v) is 7.08. The van der Waals surface area contributed by atoms with Crippen LogP contribution < -0.4 is 10.1 Å². The molecule has 0 spiro atoms. The monoisotopic (exact) mass is 551 g/mol. The van der Waals surface area contributed by atoms with Crippen LogP contribution in [0.15, 0.2) is 100 Å². The Morgan fingerprint density at radius 3 is 2.28 bits per heavy atom. The lowest BCUT2D eigenvalue weighted by Crippen LogP contribution is -2.23. The second-order valence-corrected chi connectivity index (χ2v) is 9.97. The predicted octanol–water partition coefficient (Wildman–Crippen LogP) is 5.48. The molecule has 0 atom stereocenters. The van der Waals surface area contributed by atoms with Crippen LogP contribution in [-0.4, -0.2) is 24.4 Å². The van der Waals surface area contributed by atoms with Gasteiger partial charge in [-0.1, -0.05) is 94.0 Å². The molecule has 0 unspecified atom stereocenters. The van der Waals surface area contributed by atoms with Crippen LogP contribution in [0.2, 0.25) is 0 Å². The Hall–Kier alpha value is -4.14. The second-order valence-electron chi connectivity index (χ2n) is 8.04. The van der Waals surface area contributed by atoms with E-state index in [0.717, 1.165) is 32.5 Å². The molecule has 0 aliphatic rings. The Bertz CT molecular complexity index is 1800. The zero-order chi connectivity index (χ0) is 24.5. The molecule has 0 bridgehead atoms. The fraction of sp³-hybridized carbons (Fsp3) is 0. The lowest BCUT2D eigenvalue weighted by Gasteiger charge is -2.00. The second kappa shape index (κ2) is 9.49. The number of thiazole rings is 1. The molecule has 3 aromatic heterocycles. The summed E-state index contributed by atoms with van der Waals surface area (Å²) in [7, 11) is 0. The maximum absolute atomic E-state index is 13.2. The van der Waals surface area contributed by atoms with Crippen LogP contribution in [0.1, 0.15) is 17.0 Å². The molecule has 3 aromatic carbocycles. The van der Waals surface area contributed by atoms with Gasteiger partial charge in [-0.3, -0.25) is 4.79 Å². The van der Waals surface area contributed by atoms with Crippen LogP contribution in [-0.2, 0) is 0 Å². The highest BCUT2D eigenvalue weighted by atomic mass is 79.9. The molecule has 0 fully saturated rings. The minimum atomic E-state index is -0.198. The molecule has 36 heavy (non-hydrogen) atoms. The average Bonchev–Trinajstić information content (AvgIpc) is 3.59. The van der Waals surface area contributed by atoms with Gasteiger partial charge in [0.05, 0.1) is 15.9 Å². The number of fused-ring (bicyclic) bond motifs is 1. The van der Waals surface area contributed by atoms with Crippen LogP contribution in [0.3, 0.4) is 0 Å². The minimum absolute atomic E-state index is 0.198. The third kappa shape index (κ3) is 4.44. The van der Waals surface area contributed by atoms with Crippen LogP contribution in [0.5, 0.6) is 0 Å². The average molecular weight is 552 g/mol. The molecule has 6 nitrogen and oxygen atoms in total. The zero-order valence-electron chi connectivity index (χ0n) is 18.8. The Morgan fingerprint density at radius 1 is 0.833 bits per heavy atom. The van der Waals surface area contributed by atoms with Gasteiger partial charge in [0.1, 0.15) is 0 Å². The molecule has 8 heteroatoms. The van der Waals surface area contributed by atoms with Crippen LogP contribution >= 0.6 is 27.3 Å². The predicted molar refractivity (Wildman–Crippen MR) is 148 cm³/mol. The van der Waals surface area contributed by atoms with Gasteiger partial charge in [-0.15, -0.1) is 5.10 Å². The lowest BCUT2D eigenvalue weighted by molar-refractivity contribution is 0.884. The molecule has 0 N–H and O–H groups in total. The van der Waals surface area contributed by atoms with Gasteiger partial charge in [-0.25, -0.2) is 4.68 Å². The van der Waals surface area contributed by atoms with E-state index in [4.69, 9.17) is 5.10 Å². The number of hydrogen-bond donors (Lipinski definition) is 0. The SMILES string of the molecule is O=c1/c(=C/c2cn(-c3ccccc3)nc2-c2ccc(Br)cc2)sc2nc(/C=C/c3ccccc3)nn12. The Balaban J connectivity index is 1.42. The fourth-order valence-electron chi connectivity index (χ4n) is 3.83. The van der Waals surface area contributed by atoms with Crippen molar-refractivity contribution in [3.8, 4) is 16.9 Å². The molecular formula is C28H18BrN5OS. The summed E-state index contributed by atoms with van der Waals surface area (Å²) in [6, 6.07) is 27.8. The third-order valence-electron chi connectivity index (χ3n) is 5.59. The number of nitrogens with zero attached hydrogens (tertiary/aromatic N) is 5. The molecule has 0 aliphatic heterocycles. The minimum Gasteiger partial charge on any atom is -0.266 e. The maximum Gasteiger partial charge on any atom is 0.291 e. The van der Waals surface area contributed by atoms with Crippen LogP contribution in [0.25, 0.3) is 40.1 Å². The summed E-state index contributed by atoms with van der Waals surface area (Å²) >= 11 is 4.81. The number of benzene rings is 3. The Morgan fingerprint density at radius 2 is 1.56 bits per heavy atom. The first-order valence-corrected chi connectivity index (χ1v) is 12.8. The topological polar surface area (TPSA) is 65.1 Å².